The van der Waals surface area contributed by atoms with Crippen molar-refractivity contribution in [3.63, 3.8) is 0 Å². The fraction of sp³-hybridized carbons (Fsp3) is 0.333. The molecule has 5 rings (SSSR count). The van der Waals surface area contributed by atoms with Crippen molar-refractivity contribution in [3.8, 4) is 17.1 Å². The predicted molar refractivity (Wildman–Crippen MR) is 104 cm³/mol. The maximum atomic E-state index is 13.1. The average Bonchev–Trinajstić information content (AvgIpc) is 3.05. The number of phenolic OH excluding ortho intramolecular Hbond substituents is 1. The van der Waals surface area contributed by atoms with Crippen molar-refractivity contribution in [1.29, 1.82) is 0 Å². The number of fused-ring (bicyclic) bond motifs is 5. The number of pyridine rings is 2. The summed E-state index contributed by atoms with van der Waals surface area (Å²) in [5, 5.41) is 21.9. The van der Waals surface area contributed by atoms with Gasteiger partial charge in [-0.05, 0) is 36.2 Å². The van der Waals surface area contributed by atoms with Crippen LogP contribution in [0.2, 0.25) is 0 Å². The van der Waals surface area contributed by atoms with Crippen molar-refractivity contribution >= 4 is 10.9 Å². The van der Waals surface area contributed by atoms with E-state index in [0.29, 0.717) is 40.9 Å². The molecule has 0 saturated carbocycles. The third-order valence-corrected chi connectivity index (χ3v) is 6.01. The Bertz CT molecular complexity index is 1200. The van der Waals surface area contributed by atoms with Gasteiger partial charge in [-0.3, -0.25) is 4.79 Å². The lowest BCUT2D eigenvalue weighted by Gasteiger charge is -2.33. The largest absolute Gasteiger partial charge is 0.508 e. The van der Waals surface area contributed by atoms with E-state index in [1.54, 1.807) is 16.7 Å². The van der Waals surface area contributed by atoms with Crippen LogP contribution >= 0.6 is 0 Å². The van der Waals surface area contributed by atoms with Crippen molar-refractivity contribution in [2.45, 2.75) is 38.6 Å². The van der Waals surface area contributed by atoms with Crippen LogP contribution in [0.4, 0.5) is 0 Å². The molecule has 7 nitrogen and oxygen atoms in total. The van der Waals surface area contributed by atoms with E-state index >= 15 is 0 Å². The molecule has 0 saturated heterocycles. The molecule has 3 aromatic rings. The van der Waals surface area contributed by atoms with E-state index in [4.69, 9.17) is 15.5 Å². The number of aliphatic hydroxyl groups is 1. The zero-order valence-electron chi connectivity index (χ0n) is 15.5. The molecule has 1 unspecified atom stereocenters. The third-order valence-electron chi connectivity index (χ3n) is 6.01. The van der Waals surface area contributed by atoms with Crippen LogP contribution in [0.15, 0.2) is 29.1 Å². The number of hydrogen-bond donors (Lipinski definition) is 3. The van der Waals surface area contributed by atoms with Crippen molar-refractivity contribution in [2.24, 2.45) is 5.73 Å². The highest BCUT2D eigenvalue weighted by Gasteiger charge is 2.37. The van der Waals surface area contributed by atoms with Gasteiger partial charge in [-0.15, -0.1) is 0 Å². The fourth-order valence-electron chi connectivity index (χ4n) is 4.35. The summed E-state index contributed by atoms with van der Waals surface area (Å²) in [6, 6.07) is 7.18. The molecule has 0 fully saturated rings. The lowest BCUT2D eigenvalue weighted by atomic mass is 9.86. The summed E-state index contributed by atoms with van der Waals surface area (Å²) in [6.45, 7) is 2.85. The first-order chi connectivity index (χ1) is 13.5. The number of aromatic nitrogens is 2. The molecule has 4 heterocycles. The van der Waals surface area contributed by atoms with Gasteiger partial charge < -0.3 is 25.3 Å². The summed E-state index contributed by atoms with van der Waals surface area (Å²) in [4.78, 5) is 17.9. The van der Waals surface area contributed by atoms with Crippen LogP contribution in [0, 0.1) is 0 Å². The number of phenols is 1. The van der Waals surface area contributed by atoms with E-state index in [2.05, 4.69) is 0 Å². The molecular weight excluding hydrogens is 358 g/mol. The summed E-state index contributed by atoms with van der Waals surface area (Å²) in [5.41, 5.74) is 9.33. The molecule has 0 amide bonds. The summed E-state index contributed by atoms with van der Waals surface area (Å²) in [7, 11) is 0. The zero-order valence-corrected chi connectivity index (χ0v) is 15.5. The minimum Gasteiger partial charge on any atom is -0.508 e. The van der Waals surface area contributed by atoms with Gasteiger partial charge in [0.2, 0.25) is 0 Å². The first-order valence-electron chi connectivity index (χ1n) is 9.39. The number of rotatable bonds is 2. The maximum absolute atomic E-state index is 13.1. The summed E-state index contributed by atoms with van der Waals surface area (Å²) < 4.78 is 7.19. The van der Waals surface area contributed by atoms with E-state index in [9.17, 15) is 15.0 Å². The molecule has 1 atom stereocenters. The van der Waals surface area contributed by atoms with E-state index in [-0.39, 0.29) is 31.1 Å². The Morgan fingerprint density at radius 1 is 1.36 bits per heavy atom. The van der Waals surface area contributed by atoms with Crippen molar-refractivity contribution < 1.29 is 14.9 Å². The SMILES string of the molecule is CCC1(O)COCc2c1cc1n(c2=O)Cc2cc3c(CN)c(O)ccc3nc2-1. The topological polar surface area (TPSA) is 111 Å². The Kier molecular flexibility index (Phi) is 3.64. The molecule has 4 N–H and O–H groups in total. The van der Waals surface area contributed by atoms with Gasteiger partial charge >= 0.3 is 0 Å². The Morgan fingerprint density at radius 3 is 2.93 bits per heavy atom. The average molecular weight is 379 g/mol. The van der Waals surface area contributed by atoms with Gasteiger partial charge in [0.15, 0.2) is 0 Å². The van der Waals surface area contributed by atoms with Crippen LogP contribution in [-0.4, -0.2) is 26.4 Å². The van der Waals surface area contributed by atoms with Crippen LogP contribution < -0.4 is 11.3 Å². The van der Waals surface area contributed by atoms with E-state index < -0.39 is 5.60 Å². The van der Waals surface area contributed by atoms with Gasteiger partial charge in [0.1, 0.15) is 11.4 Å². The zero-order chi connectivity index (χ0) is 19.6. The molecule has 0 spiro atoms. The number of nitrogens with zero attached hydrogens (tertiary/aromatic N) is 2. The second kappa shape index (κ2) is 5.88. The maximum Gasteiger partial charge on any atom is 0.257 e. The highest BCUT2D eigenvalue weighted by atomic mass is 16.5. The van der Waals surface area contributed by atoms with Crippen molar-refractivity contribution in [3.05, 3.63) is 56.9 Å². The van der Waals surface area contributed by atoms with Crippen molar-refractivity contribution in [2.75, 3.05) is 6.61 Å². The van der Waals surface area contributed by atoms with Gasteiger partial charge in [-0.2, -0.15) is 0 Å². The second-order valence-electron chi connectivity index (χ2n) is 7.52. The quantitative estimate of drug-likeness (QED) is 0.489. The first-order valence-corrected chi connectivity index (χ1v) is 9.39. The third kappa shape index (κ3) is 2.21. The second-order valence-corrected chi connectivity index (χ2v) is 7.52. The normalized spacial score (nSPS) is 20.1. The predicted octanol–water partition coefficient (Wildman–Crippen LogP) is 1.72. The molecule has 2 aliphatic heterocycles. The molecule has 2 aromatic heterocycles. The first kappa shape index (κ1) is 17.4. The minimum absolute atomic E-state index is 0.144. The monoisotopic (exact) mass is 379 g/mol. The fourth-order valence-corrected chi connectivity index (χ4v) is 4.35. The summed E-state index contributed by atoms with van der Waals surface area (Å²) >= 11 is 0. The van der Waals surface area contributed by atoms with Crippen LogP contribution in [-0.2, 0) is 30.0 Å². The summed E-state index contributed by atoms with van der Waals surface area (Å²) in [5.74, 6) is 0.144. The van der Waals surface area contributed by atoms with E-state index in [1.807, 2.05) is 19.1 Å². The minimum atomic E-state index is -1.17. The van der Waals surface area contributed by atoms with Gasteiger partial charge in [0.25, 0.3) is 5.56 Å². The Balaban J connectivity index is 1.78. The molecule has 1 aromatic carbocycles. The molecule has 2 aliphatic rings. The highest BCUT2D eigenvalue weighted by molar-refractivity contribution is 5.88. The smallest absolute Gasteiger partial charge is 0.257 e. The lowest BCUT2D eigenvalue weighted by molar-refractivity contribution is -0.0757. The van der Waals surface area contributed by atoms with Crippen LogP contribution in [0.25, 0.3) is 22.3 Å². The van der Waals surface area contributed by atoms with Gasteiger partial charge in [-0.1, -0.05) is 6.92 Å². The summed E-state index contributed by atoms with van der Waals surface area (Å²) in [6.07, 6.45) is 0.458. The number of aromatic hydroxyl groups is 1. The molecule has 0 bridgehead atoms. The van der Waals surface area contributed by atoms with Crippen LogP contribution in [0.5, 0.6) is 5.75 Å². The van der Waals surface area contributed by atoms with E-state index in [0.717, 1.165) is 16.6 Å². The highest BCUT2D eigenvalue weighted by Crippen LogP contribution is 2.39. The lowest BCUT2D eigenvalue weighted by Crippen LogP contribution is -2.40. The number of hydrogen-bond acceptors (Lipinski definition) is 6. The molecular formula is C21H21N3O4. The van der Waals surface area contributed by atoms with Gasteiger partial charge in [0.05, 0.1) is 36.7 Å². The van der Waals surface area contributed by atoms with Gasteiger partial charge in [0, 0.05) is 28.6 Å². The van der Waals surface area contributed by atoms with Crippen molar-refractivity contribution in [1.82, 2.24) is 9.55 Å². The molecule has 144 valence electrons. The number of nitrogens with two attached hydrogens (primary N) is 1. The number of ether oxygens (including phenoxy) is 1. The molecule has 0 aliphatic carbocycles. The van der Waals surface area contributed by atoms with Crippen LogP contribution in [0.1, 0.15) is 35.6 Å². The number of benzene rings is 1. The van der Waals surface area contributed by atoms with Gasteiger partial charge in [-0.25, -0.2) is 4.98 Å². The standard InChI is InChI=1S/C21H21N3O4/c1-2-21(27)10-28-9-14-15(21)6-17-19-11(8-24(17)20(14)26)5-12-13(7-22)18(25)4-3-16(12)23-19/h3-6,25,27H,2,7-10,22H2,1H3. The Hall–Kier alpha value is -2.74. The molecule has 28 heavy (non-hydrogen) atoms. The van der Waals surface area contributed by atoms with E-state index in [1.165, 1.54) is 0 Å². The van der Waals surface area contributed by atoms with Crippen LogP contribution in [0.3, 0.4) is 0 Å². The Labute approximate surface area is 161 Å². The Morgan fingerprint density at radius 2 is 2.18 bits per heavy atom. The molecule has 7 heteroatoms. The molecule has 0 radical (unpaired) electrons.